The SMILES string of the molecule is CCSc1ccc(NC(N)=NC(N)=Nc2ccc(Cl)cc2)cc1. The first-order valence-electron chi connectivity index (χ1n) is 7.00. The Hall–Kier alpha value is -2.18. The Bertz CT molecular complexity index is 695. The standard InChI is InChI=1S/C16H18ClN5S/c1-2-23-14-9-7-13(8-10-14)21-16(19)22-15(18)20-12-5-3-11(17)4-6-12/h3-10H,2H2,1H3,(H5,18,19,20,21,22). The van der Waals surface area contributed by atoms with E-state index in [1.165, 1.54) is 4.90 Å². The van der Waals surface area contributed by atoms with Crippen LogP contribution in [0.2, 0.25) is 5.02 Å². The van der Waals surface area contributed by atoms with Crippen LogP contribution in [0.5, 0.6) is 0 Å². The summed E-state index contributed by atoms with van der Waals surface area (Å²) in [5, 5.41) is 3.61. The Kier molecular flexibility index (Phi) is 6.31. The molecule has 0 saturated carbocycles. The summed E-state index contributed by atoms with van der Waals surface area (Å²) >= 11 is 7.59. The van der Waals surface area contributed by atoms with Crippen molar-refractivity contribution < 1.29 is 0 Å². The van der Waals surface area contributed by atoms with Crippen LogP contribution >= 0.6 is 23.4 Å². The number of nitrogens with zero attached hydrogens (tertiary/aromatic N) is 2. The van der Waals surface area contributed by atoms with Crippen LogP contribution in [-0.2, 0) is 0 Å². The van der Waals surface area contributed by atoms with Gasteiger partial charge >= 0.3 is 0 Å². The van der Waals surface area contributed by atoms with Crippen molar-refractivity contribution in [2.24, 2.45) is 21.5 Å². The molecule has 0 fully saturated rings. The number of rotatable bonds is 4. The molecule has 120 valence electrons. The van der Waals surface area contributed by atoms with Gasteiger partial charge in [-0.1, -0.05) is 18.5 Å². The first-order valence-corrected chi connectivity index (χ1v) is 8.37. The zero-order chi connectivity index (χ0) is 16.7. The Morgan fingerprint density at radius 1 is 1.09 bits per heavy atom. The summed E-state index contributed by atoms with van der Waals surface area (Å²) in [6.45, 7) is 2.12. The molecule has 0 saturated heterocycles. The maximum atomic E-state index is 5.83. The maximum absolute atomic E-state index is 5.83. The van der Waals surface area contributed by atoms with Gasteiger partial charge < -0.3 is 16.8 Å². The van der Waals surface area contributed by atoms with Gasteiger partial charge in [0.15, 0.2) is 0 Å². The second-order valence-corrected chi connectivity index (χ2v) is 6.30. The molecule has 0 aliphatic heterocycles. The molecule has 0 spiro atoms. The minimum absolute atomic E-state index is 0.0653. The number of guanidine groups is 2. The summed E-state index contributed by atoms with van der Waals surface area (Å²) in [6, 6.07) is 14.9. The monoisotopic (exact) mass is 347 g/mol. The highest BCUT2D eigenvalue weighted by atomic mass is 35.5. The maximum Gasteiger partial charge on any atom is 0.223 e. The van der Waals surface area contributed by atoms with Gasteiger partial charge in [0.2, 0.25) is 11.9 Å². The zero-order valence-corrected chi connectivity index (χ0v) is 14.2. The molecule has 0 atom stereocenters. The Morgan fingerprint density at radius 3 is 2.35 bits per heavy atom. The van der Waals surface area contributed by atoms with Crippen LogP contribution in [0.25, 0.3) is 0 Å². The molecule has 0 amide bonds. The van der Waals surface area contributed by atoms with E-state index in [0.29, 0.717) is 10.7 Å². The lowest BCUT2D eigenvalue weighted by Crippen LogP contribution is -2.26. The molecular formula is C16H18ClN5S. The lowest BCUT2D eigenvalue weighted by Gasteiger charge is -2.06. The van der Waals surface area contributed by atoms with Crippen molar-refractivity contribution in [3.8, 4) is 0 Å². The lowest BCUT2D eigenvalue weighted by molar-refractivity contribution is 1.38. The Morgan fingerprint density at radius 2 is 1.74 bits per heavy atom. The van der Waals surface area contributed by atoms with Crippen molar-refractivity contribution in [3.63, 3.8) is 0 Å². The van der Waals surface area contributed by atoms with E-state index in [1.807, 2.05) is 24.3 Å². The third-order valence-corrected chi connectivity index (χ3v) is 3.89. The second-order valence-electron chi connectivity index (χ2n) is 4.53. The van der Waals surface area contributed by atoms with Gasteiger partial charge in [-0.15, -0.1) is 11.8 Å². The van der Waals surface area contributed by atoms with Crippen molar-refractivity contribution in [2.45, 2.75) is 11.8 Å². The molecule has 2 aromatic rings. The number of benzene rings is 2. The van der Waals surface area contributed by atoms with Gasteiger partial charge in [-0.2, -0.15) is 4.99 Å². The highest BCUT2D eigenvalue weighted by Gasteiger charge is 1.98. The molecule has 2 rings (SSSR count). The minimum atomic E-state index is 0.0653. The van der Waals surface area contributed by atoms with E-state index in [1.54, 1.807) is 36.0 Å². The van der Waals surface area contributed by atoms with Crippen molar-refractivity contribution in [1.82, 2.24) is 0 Å². The van der Waals surface area contributed by atoms with Crippen LogP contribution in [0.3, 0.4) is 0 Å². The van der Waals surface area contributed by atoms with Crippen LogP contribution in [0.15, 0.2) is 63.4 Å². The molecule has 7 heteroatoms. The van der Waals surface area contributed by atoms with Crippen LogP contribution in [-0.4, -0.2) is 17.7 Å². The van der Waals surface area contributed by atoms with E-state index < -0.39 is 0 Å². The van der Waals surface area contributed by atoms with Crippen molar-refractivity contribution >= 4 is 46.7 Å². The summed E-state index contributed by atoms with van der Waals surface area (Å²) in [5.41, 5.74) is 13.1. The van der Waals surface area contributed by atoms with Crippen LogP contribution in [0, 0.1) is 0 Å². The molecule has 0 radical (unpaired) electrons. The zero-order valence-electron chi connectivity index (χ0n) is 12.7. The number of aliphatic imine (C=N–C) groups is 2. The number of anilines is 1. The molecule has 5 N–H and O–H groups in total. The Labute approximate surface area is 144 Å². The number of hydrogen-bond donors (Lipinski definition) is 3. The van der Waals surface area contributed by atoms with E-state index in [9.17, 15) is 0 Å². The fourth-order valence-corrected chi connectivity index (χ4v) is 2.56. The predicted molar refractivity (Wildman–Crippen MR) is 101 cm³/mol. The molecule has 0 bridgehead atoms. The topological polar surface area (TPSA) is 88.8 Å². The van der Waals surface area contributed by atoms with Gasteiger partial charge in [-0.05, 0) is 54.3 Å². The molecule has 0 aliphatic carbocycles. The summed E-state index contributed by atoms with van der Waals surface area (Å²) in [4.78, 5) is 9.37. The van der Waals surface area contributed by atoms with E-state index in [-0.39, 0.29) is 11.9 Å². The van der Waals surface area contributed by atoms with Gasteiger partial charge in [-0.25, -0.2) is 4.99 Å². The van der Waals surface area contributed by atoms with Crippen molar-refractivity contribution in [3.05, 3.63) is 53.6 Å². The summed E-state index contributed by atoms with van der Waals surface area (Å²) in [5.74, 6) is 1.28. The third kappa shape index (κ3) is 5.84. The normalized spacial score (nSPS) is 12.3. The summed E-state index contributed by atoms with van der Waals surface area (Å²) in [6.07, 6.45) is 0. The third-order valence-electron chi connectivity index (χ3n) is 2.74. The predicted octanol–water partition coefficient (Wildman–Crippen LogP) is 3.83. The van der Waals surface area contributed by atoms with Crippen LogP contribution in [0.4, 0.5) is 11.4 Å². The summed E-state index contributed by atoms with van der Waals surface area (Å²) < 4.78 is 0. The smallest absolute Gasteiger partial charge is 0.223 e. The van der Waals surface area contributed by atoms with Gasteiger partial charge in [0.1, 0.15) is 0 Å². The number of thioether (sulfide) groups is 1. The molecule has 23 heavy (non-hydrogen) atoms. The van der Waals surface area contributed by atoms with Gasteiger partial charge in [0, 0.05) is 15.6 Å². The van der Waals surface area contributed by atoms with Crippen molar-refractivity contribution in [1.29, 1.82) is 0 Å². The molecule has 0 heterocycles. The molecule has 0 aromatic heterocycles. The number of nitrogens with one attached hydrogen (secondary N) is 1. The molecule has 2 aromatic carbocycles. The molecule has 5 nitrogen and oxygen atoms in total. The Balaban J connectivity index is 2.02. The second kappa shape index (κ2) is 8.45. The minimum Gasteiger partial charge on any atom is -0.369 e. The number of halogens is 1. The first kappa shape index (κ1) is 17.2. The van der Waals surface area contributed by atoms with Crippen LogP contribution in [0.1, 0.15) is 6.92 Å². The number of hydrogen-bond acceptors (Lipinski definition) is 2. The summed E-state index contributed by atoms with van der Waals surface area (Å²) in [7, 11) is 0. The highest BCUT2D eigenvalue weighted by molar-refractivity contribution is 7.99. The molecule has 0 aliphatic rings. The number of nitrogens with two attached hydrogens (primary N) is 2. The van der Waals surface area contributed by atoms with E-state index in [0.717, 1.165) is 11.4 Å². The lowest BCUT2D eigenvalue weighted by atomic mass is 10.3. The first-order chi connectivity index (χ1) is 11.1. The fraction of sp³-hybridized carbons (Fsp3) is 0.125. The van der Waals surface area contributed by atoms with Gasteiger partial charge in [-0.3, -0.25) is 0 Å². The van der Waals surface area contributed by atoms with E-state index >= 15 is 0 Å². The molecule has 0 unspecified atom stereocenters. The van der Waals surface area contributed by atoms with E-state index in [2.05, 4.69) is 22.2 Å². The average Bonchev–Trinajstić information content (AvgIpc) is 2.51. The van der Waals surface area contributed by atoms with Crippen LogP contribution < -0.4 is 16.8 Å². The fourth-order valence-electron chi connectivity index (χ4n) is 1.77. The largest absolute Gasteiger partial charge is 0.369 e. The van der Waals surface area contributed by atoms with E-state index in [4.69, 9.17) is 23.1 Å². The average molecular weight is 348 g/mol. The molecular weight excluding hydrogens is 330 g/mol. The quantitative estimate of drug-likeness (QED) is 0.445. The van der Waals surface area contributed by atoms with Gasteiger partial charge in [0.05, 0.1) is 5.69 Å². The van der Waals surface area contributed by atoms with Crippen molar-refractivity contribution in [2.75, 3.05) is 11.1 Å². The highest BCUT2D eigenvalue weighted by Crippen LogP contribution is 2.19. The van der Waals surface area contributed by atoms with Gasteiger partial charge in [0.25, 0.3) is 0 Å².